The quantitative estimate of drug-likeness (QED) is 0.703. The third kappa shape index (κ3) is 5.60. The maximum atomic E-state index is 12.2. The molecule has 0 aliphatic carbocycles. The Kier molecular flexibility index (Phi) is 7.19. The molecule has 2 aromatic rings. The van der Waals surface area contributed by atoms with Gasteiger partial charge in [0.1, 0.15) is 5.75 Å². The number of hydrogen-bond donors (Lipinski definition) is 1. The Bertz CT molecular complexity index is 638. The molecule has 0 radical (unpaired) electrons. The van der Waals surface area contributed by atoms with Gasteiger partial charge in [0, 0.05) is 17.1 Å². The third-order valence-electron chi connectivity index (χ3n) is 3.88. The number of hydrogen-bond acceptors (Lipinski definition) is 3. The van der Waals surface area contributed by atoms with E-state index in [1.165, 1.54) is 11.1 Å². The molecule has 0 aliphatic rings. The van der Waals surface area contributed by atoms with Crippen molar-refractivity contribution in [3.63, 3.8) is 0 Å². The van der Waals surface area contributed by atoms with Gasteiger partial charge in [0.2, 0.25) is 5.91 Å². The highest BCUT2D eigenvalue weighted by Gasteiger charge is 2.12. The van der Waals surface area contributed by atoms with E-state index in [1.807, 2.05) is 24.3 Å². The van der Waals surface area contributed by atoms with Gasteiger partial charge in [0.15, 0.2) is 0 Å². The highest BCUT2D eigenvalue weighted by molar-refractivity contribution is 7.99. The van der Waals surface area contributed by atoms with E-state index in [4.69, 9.17) is 4.74 Å². The van der Waals surface area contributed by atoms with Gasteiger partial charge in [0.05, 0.1) is 13.2 Å². The molecule has 24 heavy (non-hydrogen) atoms. The molecule has 1 atom stereocenters. The highest BCUT2D eigenvalue weighted by Crippen LogP contribution is 2.22. The molecule has 1 N–H and O–H groups in total. The van der Waals surface area contributed by atoms with E-state index < -0.39 is 0 Å². The minimum absolute atomic E-state index is 0.0871. The Morgan fingerprint density at radius 2 is 1.79 bits per heavy atom. The minimum Gasteiger partial charge on any atom is -0.497 e. The van der Waals surface area contributed by atoms with Crippen LogP contribution in [0.2, 0.25) is 0 Å². The smallest absolute Gasteiger partial charge is 0.221 e. The van der Waals surface area contributed by atoms with Gasteiger partial charge in [-0.15, -0.1) is 11.8 Å². The summed E-state index contributed by atoms with van der Waals surface area (Å²) >= 11 is 1.68. The molecule has 2 rings (SSSR count). The summed E-state index contributed by atoms with van der Waals surface area (Å²) in [6.45, 7) is 4.16. The molecule has 0 aliphatic heterocycles. The van der Waals surface area contributed by atoms with Crippen molar-refractivity contribution in [2.45, 2.75) is 37.6 Å². The van der Waals surface area contributed by atoms with Crippen LogP contribution in [0.1, 0.15) is 36.9 Å². The standard InChI is InChI=1S/C20H25NO2S/c1-4-19(16-7-5-15(2)6-8-16)21-20(22)13-14-24-18-11-9-17(23-3)10-12-18/h5-12,19H,4,13-14H2,1-3H3,(H,21,22). The molecule has 0 aromatic heterocycles. The van der Waals surface area contributed by atoms with Crippen LogP contribution in [0.5, 0.6) is 5.75 Å². The highest BCUT2D eigenvalue weighted by atomic mass is 32.2. The summed E-state index contributed by atoms with van der Waals surface area (Å²) < 4.78 is 5.14. The molecule has 1 amide bonds. The molecule has 1 unspecified atom stereocenters. The fourth-order valence-electron chi connectivity index (χ4n) is 2.42. The summed E-state index contributed by atoms with van der Waals surface area (Å²) in [7, 11) is 1.66. The van der Waals surface area contributed by atoms with E-state index in [9.17, 15) is 4.79 Å². The maximum Gasteiger partial charge on any atom is 0.221 e. The van der Waals surface area contributed by atoms with Gasteiger partial charge < -0.3 is 10.1 Å². The lowest BCUT2D eigenvalue weighted by molar-refractivity contribution is -0.121. The van der Waals surface area contributed by atoms with Gasteiger partial charge in [-0.05, 0) is 43.2 Å². The van der Waals surface area contributed by atoms with Crippen molar-refractivity contribution >= 4 is 17.7 Å². The molecule has 0 heterocycles. The molecular weight excluding hydrogens is 318 g/mol. The number of nitrogens with one attached hydrogen (secondary N) is 1. The number of benzene rings is 2. The van der Waals surface area contributed by atoms with Gasteiger partial charge in [-0.25, -0.2) is 0 Å². The number of carbonyl (C=O) groups excluding carboxylic acids is 1. The van der Waals surface area contributed by atoms with E-state index in [-0.39, 0.29) is 11.9 Å². The van der Waals surface area contributed by atoms with Crippen molar-refractivity contribution in [1.82, 2.24) is 5.32 Å². The van der Waals surface area contributed by atoms with E-state index in [1.54, 1.807) is 18.9 Å². The van der Waals surface area contributed by atoms with Crippen molar-refractivity contribution in [1.29, 1.82) is 0 Å². The van der Waals surface area contributed by atoms with Crippen LogP contribution in [-0.4, -0.2) is 18.8 Å². The van der Waals surface area contributed by atoms with Crippen LogP contribution in [0.15, 0.2) is 53.4 Å². The van der Waals surface area contributed by atoms with Crippen molar-refractivity contribution < 1.29 is 9.53 Å². The second kappa shape index (κ2) is 9.38. The number of thioether (sulfide) groups is 1. The van der Waals surface area contributed by atoms with Crippen LogP contribution in [0.3, 0.4) is 0 Å². The van der Waals surface area contributed by atoms with Crippen LogP contribution in [-0.2, 0) is 4.79 Å². The molecule has 0 saturated heterocycles. The Hall–Kier alpha value is -1.94. The Morgan fingerprint density at radius 1 is 1.12 bits per heavy atom. The average molecular weight is 343 g/mol. The largest absolute Gasteiger partial charge is 0.497 e. The normalized spacial score (nSPS) is 11.8. The van der Waals surface area contributed by atoms with E-state index in [2.05, 4.69) is 43.4 Å². The summed E-state index contributed by atoms with van der Waals surface area (Å²) in [5.41, 5.74) is 2.40. The zero-order valence-electron chi connectivity index (χ0n) is 14.5. The van der Waals surface area contributed by atoms with E-state index in [0.29, 0.717) is 6.42 Å². The van der Waals surface area contributed by atoms with Crippen LogP contribution >= 0.6 is 11.8 Å². The van der Waals surface area contributed by atoms with Gasteiger partial charge in [0.25, 0.3) is 0 Å². The van der Waals surface area contributed by atoms with Crippen molar-refractivity contribution in [3.8, 4) is 5.75 Å². The molecule has 0 saturated carbocycles. The Labute approximate surface area is 148 Å². The molecular formula is C20H25NO2S. The number of rotatable bonds is 8. The first-order chi connectivity index (χ1) is 11.6. The molecule has 3 nitrogen and oxygen atoms in total. The van der Waals surface area contributed by atoms with Gasteiger partial charge in [-0.3, -0.25) is 4.79 Å². The van der Waals surface area contributed by atoms with Crippen LogP contribution in [0, 0.1) is 6.92 Å². The third-order valence-corrected chi connectivity index (χ3v) is 4.89. The van der Waals surface area contributed by atoms with Gasteiger partial charge >= 0.3 is 0 Å². The summed E-state index contributed by atoms with van der Waals surface area (Å²) in [6.07, 6.45) is 1.40. The zero-order valence-corrected chi connectivity index (χ0v) is 15.4. The summed E-state index contributed by atoms with van der Waals surface area (Å²) in [4.78, 5) is 13.3. The molecule has 2 aromatic carbocycles. The number of carbonyl (C=O) groups is 1. The maximum absolute atomic E-state index is 12.2. The predicted molar refractivity (Wildman–Crippen MR) is 101 cm³/mol. The SMILES string of the molecule is CCC(NC(=O)CCSc1ccc(OC)cc1)c1ccc(C)cc1. The Balaban J connectivity index is 1.79. The topological polar surface area (TPSA) is 38.3 Å². The van der Waals surface area contributed by atoms with E-state index in [0.717, 1.165) is 22.8 Å². The lowest BCUT2D eigenvalue weighted by Gasteiger charge is -2.17. The first-order valence-electron chi connectivity index (χ1n) is 8.25. The fraction of sp³-hybridized carbons (Fsp3) is 0.350. The second-order valence-electron chi connectivity index (χ2n) is 5.71. The first-order valence-corrected chi connectivity index (χ1v) is 9.23. The van der Waals surface area contributed by atoms with E-state index >= 15 is 0 Å². The first kappa shape index (κ1) is 18.4. The number of ether oxygens (including phenoxy) is 1. The predicted octanol–water partition coefficient (Wildman–Crippen LogP) is 4.75. The van der Waals surface area contributed by atoms with Crippen LogP contribution in [0.25, 0.3) is 0 Å². The molecule has 4 heteroatoms. The number of aryl methyl sites for hydroxylation is 1. The summed E-state index contributed by atoms with van der Waals surface area (Å²) in [5, 5.41) is 3.13. The summed E-state index contributed by atoms with van der Waals surface area (Å²) in [5.74, 6) is 1.71. The summed E-state index contributed by atoms with van der Waals surface area (Å²) in [6, 6.07) is 16.4. The zero-order chi connectivity index (χ0) is 17.4. The average Bonchev–Trinajstić information content (AvgIpc) is 2.61. The van der Waals surface area contributed by atoms with Crippen LogP contribution < -0.4 is 10.1 Å². The van der Waals surface area contributed by atoms with Crippen molar-refractivity contribution in [2.24, 2.45) is 0 Å². The number of amides is 1. The second-order valence-corrected chi connectivity index (χ2v) is 6.88. The van der Waals surface area contributed by atoms with Crippen molar-refractivity contribution in [3.05, 3.63) is 59.7 Å². The Morgan fingerprint density at radius 3 is 2.38 bits per heavy atom. The van der Waals surface area contributed by atoms with Crippen LogP contribution in [0.4, 0.5) is 0 Å². The molecule has 0 bridgehead atoms. The monoisotopic (exact) mass is 343 g/mol. The lowest BCUT2D eigenvalue weighted by atomic mass is 10.0. The van der Waals surface area contributed by atoms with Crippen molar-refractivity contribution in [2.75, 3.05) is 12.9 Å². The van der Waals surface area contributed by atoms with Gasteiger partial charge in [-0.1, -0.05) is 36.8 Å². The molecule has 128 valence electrons. The lowest BCUT2D eigenvalue weighted by Crippen LogP contribution is -2.28. The van der Waals surface area contributed by atoms with Gasteiger partial charge in [-0.2, -0.15) is 0 Å². The fourth-order valence-corrected chi connectivity index (χ4v) is 3.27. The number of methoxy groups -OCH3 is 1. The minimum atomic E-state index is 0.0871. The molecule has 0 fully saturated rings. The molecule has 0 spiro atoms.